The van der Waals surface area contributed by atoms with Crippen LogP contribution < -0.4 is 5.73 Å². The van der Waals surface area contributed by atoms with Crippen LogP contribution in [-0.4, -0.2) is 36.6 Å². The van der Waals surface area contributed by atoms with E-state index in [9.17, 15) is 8.42 Å². The molecule has 1 aliphatic heterocycles. The van der Waals surface area contributed by atoms with Gasteiger partial charge >= 0.3 is 0 Å². The van der Waals surface area contributed by atoms with Gasteiger partial charge in [-0.05, 0) is 31.2 Å². The Morgan fingerprint density at radius 2 is 2.15 bits per heavy atom. The minimum Gasteiger partial charge on any atom is -0.339 e. The van der Waals surface area contributed by atoms with E-state index in [-0.39, 0.29) is 22.8 Å². The Hall–Kier alpha value is -0.950. The van der Waals surface area contributed by atoms with Gasteiger partial charge in [0, 0.05) is 12.3 Å². The van der Waals surface area contributed by atoms with Crippen LogP contribution in [0.25, 0.3) is 0 Å². The third-order valence-corrected chi connectivity index (χ3v) is 5.69. The van der Waals surface area contributed by atoms with Gasteiger partial charge in [0.05, 0.1) is 11.5 Å². The molecule has 0 aliphatic carbocycles. The van der Waals surface area contributed by atoms with Crippen LogP contribution in [0, 0.1) is 5.41 Å². The molecular weight excluding hydrogens is 278 g/mol. The Morgan fingerprint density at radius 3 is 2.75 bits per heavy atom. The molecule has 1 unspecified atom stereocenters. The van der Waals surface area contributed by atoms with Crippen molar-refractivity contribution in [1.29, 1.82) is 0 Å². The quantitative estimate of drug-likeness (QED) is 0.849. The van der Waals surface area contributed by atoms with Gasteiger partial charge in [-0.3, -0.25) is 0 Å². The number of aryl methyl sites for hydroxylation is 1. The molecule has 1 fully saturated rings. The lowest BCUT2D eigenvalue weighted by Gasteiger charge is -2.22. The zero-order chi connectivity index (χ0) is 14.8. The van der Waals surface area contributed by atoms with Crippen LogP contribution in [0.15, 0.2) is 4.52 Å². The molecule has 2 N–H and O–H groups in total. The van der Waals surface area contributed by atoms with E-state index >= 15 is 0 Å². The summed E-state index contributed by atoms with van der Waals surface area (Å²) in [4.78, 5) is 4.35. The van der Waals surface area contributed by atoms with Crippen molar-refractivity contribution >= 4 is 9.84 Å². The lowest BCUT2D eigenvalue weighted by Crippen LogP contribution is -2.17. The molecule has 20 heavy (non-hydrogen) atoms. The fourth-order valence-electron chi connectivity index (χ4n) is 2.50. The molecule has 1 aliphatic rings. The summed E-state index contributed by atoms with van der Waals surface area (Å²) in [6, 6.07) is 0. The lowest BCUT2D eigenvalue weighted by molar-refractivity contribution is 0.288. The van der Waals surface area contributed by atoms with Gasteiger partial charge in [-0.25, -0.2) is 8.42 Å². The third-order valence-electron chi connectivity index (χ3n) is 3.92. The Bertz CT molecular complexity index is 551. The molecule has 0 spiro atoms. The largest absolute Gasteiger partial charge is 0.339 e. The van der Waals surface area contributed by atoms with Crippen LogP contribution >= 0.6 is 0 Å². The number of hydrogen-bond donors (Lipinski definition) is 1. The summed E-state index contributed by atoms with van der Waals surface area (Å²) in [7, 11) is -2.91. The number of sulfone groups is 1. The SMILES string of the molecule is CC(C)(CCN)CCc1nc(C2CCS(=O)(=O)C2)no1. The van der Waals surface area contributed by atoms with Crippen molar-refractivity contribution in [3.8, 4) is 0 Å². The highest BCUT2D eigenvalue weighted by molar-refractivity contribution is 7.91. The van der Waals surface area contributed by atoms with Gasteiger partial charge in [0.25, 0.3) is 0 Å². The van der Waals surface area contributed by atoms with Crippen LogP contribution in [0.1, 0.15) is 50.7 Å². The number of rotatable bonds is 6. The van der Waals surface area contributed by atoms with E-state index in [2.05, 4.69) is 24.0 Å². The second-order valence-electron chi connectivity index (χ2n) is 6.35. The Labute approximate surface area is 120 Å². The molecule has 2 heterocycles. The number of nitrogens with two attached hydrogens (primary N) is 1. The van der Waals surface area contributed by atoms with E-state index in [0.29, 0.717) is 31.1 Å². The monoisotopic (exact) mass is 301 g/mol. The normalized spacial score (nSPS) is 22.2. The van der Waals surface area contributed by atoms with Crippen molar-refractivity contribution in [2.75, 3.05) is 18.1 Å². The van der Waals surface area contributed by atoms with Crippen LogP contribution in [0.3, 0.4) is 0 Å². The van der Waals surface area contributed by atoms with Crippen molar-refractivity contribution in [2.24, 2.45) is 11.1 Å². The van der Waals surface area contributed by atoms with Gasteiger partial charge in [0.15, 0.2) is 15.7 Å². The predicted octanol–water partition coefficient (Wildman–Crippen LogP) is 1.28. The Balaban J connectivity index is 1.93. The number of hydrogen-bond acceptors (Lipinski definition) is 6. The van der Waals surface area contributed by atoms with Crippen molar-refractivity contribution in [1.82, 2.24) is 10.1 Å². The molecule has 1 aromatic heterocycles. The fourth-order valence-corrected chi connectivity index (χ4v) is 4.23. The summed E-state index contributed by atoms with van der Waals surface area (Å²) >= 11 is 0. The van der Waals surface area contributed by atoms with E-state index in [1.165, 1.54) is 0 Å². The van der Waals surface area contributed by atoms with Gasteiger partial charge in [-0.1, -0.05) is 19.0 Å². The average Bonchev–Trinajstić information content (AvgIpc) is 2.93. The summed E-state index contributed by atoms with van der Waals surface area (Å²) in [5, 5.41) is 3.94. The number of aromatic nitrogens is 2. The van der Waals surface area contributed by atoms with Gasteiger partial charge < -0.3 is 10.3 Å². The molecule has 0 aromatic carbocycles. The summed E-state index contributed by atoms with van der Waals surface area (Å²) in [6.07, 6.45) is 3.18. The fraction of sp³-hybridized carbons (Fsp3) is 0.846. The van der Waals surface area contributed by atoms with Crippen molar-refractivity contribution in [3.05, 3.63) is 11.7 Å². The van der Waals surface area contributed by atoms with Crippen LogP contribution in [0.5, 0.6) is 0 Å². The molecule has 114 valence electrons. The first-order valence-corrected chi connectivity index (χ1v) is 8.86. The standard InChI is InChI=1S/C13H23N3O3S/c1-13(2,6-7-14)5-3-11-15-12(16-19-11)10-4-8-20(17,18)9-10/h10H,3-9,14H2,1-2H3. The van der Waals surface area contributed by atoms with Crippen LogP contribution in [-0.2, 0) is 16.3 Å². The molecule has 6 nitrogen and oxygen atoms in total. The highest BCUT2D eigenvalue weighted by Crippen LogP contribution is 2.28. The highest BCUT2D eigenvalue weighted by Gasteiger charge is 2.32. The number of nitrogens with zero attached hydrogens (tertiary/aromatic N) is 2. The smallest absolute Gasteiger partial charge is 0.226 e. The topological polar surface area (TPSA) is 99.1 Å². The Kier molecular flexibility index (Phi) is 4.49. The zero-order valence-electron chi connectivity index (χ0n) is 12.1. The van der Waals surface area contributed by atoms with Crippen molar-refractivity contribution in [3.63, 3.8) is 0 Å². The third kappa shape index (κ3) is 4.02. The summed E-state index contributed by atoms with van der Waals surface area (Å²) in [5.74, 6) is 1.40. The van der Waals surface area contributed by atoms with Crippen LogP contribution in [0.2, 0.25) is 0 Å². The summed E-state index contributed by atoms with van der Waals surface area (Å²) < 4.78 is 28.1. The predicted molar refractivity (Wildman–Crippen MR) is 76.1 cm³/mol. The Morgan fingerprint density at radius 1 is 1.40 bits per heavy atom. The zero-order valence-corrected chi connectivity index (χ0v) is 12.9. The molecule has 2 rings (SSSR count). The van der Waals surface area contributed by atoms with Gasteiger partial charge in [0.2, 0.25) is 5.89 Å². The van der Waals surface area contributed by atoms with Crippen LogP contribution in [0.4, 0.5) is 0 Å². The maximum absolute atomic E-state index is 11.5. The van der Waals surface area contributed by atoms with E-state index < -0.39 is 9.84 Å². The minimum absolute atomic E-state index is 0.102. The second kappa shape index (κ2) is 5.81. The second-order valence-corrected chi connectivity index (χ2v) is 8.58. The molecule has 7 heteroatoms. The molecule has 0 bridgehead atoms. The van der Waals surface area contributed by atoms with Crippen molar-refractivity contribution < 1.29 is 12.9 Å². The maximum atomic E-state index is 11.5. The minimum atomic E-state index is -2.91. The first kappa shape index (κ1) is 15.4. The molecule has 1 atom stereocenters. The van der Waals surface area contributed by atoms with Gasteiger partial charge in [-0.15, -0.1) is 0 Å². The van der Waals surface area contributed by atoms with E-state index in [1.807, 2.05) is 0 Å². The molecule has 1 saturated heterocycles. The van der Waals surface area contributed by atoms with E-state index in [4.69, 9.17) is 10.3 Å². The highest BCUT2D eigenvalue weighted by atomic mass is 32.2. The molecular formula is C13H23N3O3S. The molecule has 0 amide bonds. The van der Waals surface area contributed by atoms with Gasteiger partial charge in [0.1, 0.15) is 0 Å². The molecule has 1 aromatic rings. The summed E-state index contributed by atoms with van der Waals surface area (Å²) in [5.41, 5.74) is 5.74. The average molecular weight is 301 g/mol. The molecule has 0 radical (unpaired) electrons. The summed E-state index contributed by atoms with van der Waals surface area (Å²) in [6.45, 7) is 5.00. The van der Waals surface area contributed by atoms with Gasteiger partial charge in [-0.2, -0.15) is 4.98 Å². The maximum Gasteiger partial charge on any atom is 0.226 e. The van der Waals surface area contributed by atoms with Crippen molar-refractivity contribution in [2.45, 2.75) is 45.4 Å². The molecule has 0 saturated carbocycles. The van der Waals surface area contributed by atoms with E-state index in [0.717, 1.165) is 12.8 Å². The van der Waals surface area contributed by atoms with E-state index in [1.54, 1.807) is 0 Å². The first-order chi connectivity index (χ1) is 9.31. The lowest BCUT2D eigenvalue weighted by atomic mass is 9.84. The first-order valence-electron chi connectivity index (χ1n) is 7.04.